The summed E-state index contributed by atoms with van der Waals surface area (Å²) in [5.41, 5.74) is 0. The van der Waals surface area contributed by atoms with Crippen LogP contribution in [0.25, 0.3) is 0 Å². The second-order valence-corrected chi connectivity index (χ2v) is 9.47. The zero-order chi connectivity index (χ0) is 19.0. The molecule has 0 bridgehead atoms. The molecule has 0 fully saturated rings. The second kappa shape index (κ2) is 19.2. The summed E-state index contributed by atoms with van der Waals surface area (Å²) in [6.07, 6.45) is 18.5. The van der Waals surface area contributed by atoms with Gasteiger partial charge in [-0.3, -0.25) is 0 Å². The Bertz CT molecular complexity index is 385. The first-order valence-corrected chi connectivity index (χ1v) is 11.9. The van der Waals surface area contributed by atoms with E-state index in [-0.39, 0.29) is 35.7 Å². The fraction of sp³-hybridized carbons (Fsp3) is 1.00. The van der Waals surface area contributed by atoms with E-state index in [4.69, 9.17) is 0 Å². The van der Waals surface area contributed by atoms with Gasteiger partial charge in [0.2, 0.25) is 0 Å². The van der Waals surface area contributed by atoms with Gasteiger partial charge in [0, 0.05) is 5.25 Å². The van der Waals surface area contributed by atoms with Gasteiger partial charge in [0.15, 0.2) is 0 Å². The van der Waals surface area contributed by atoms with Gasteiger partial charge in [-0.2, -0.15) is 0 Å². The molecule has 152 valence electrons. The maximum absolute atomic E-state index is 10.8. The van der Waals surface area contributed by atoms with E-state index < -0.39 is 15.4 Å². The third-order valence-corrected chi connectivity index (χ3v) is 6.20. The molecular formula is C20H41NaO4S. The van der Waals surface area contributed by atoms with Crippen molar-refractivity contribution in [3.05, 3.63) is 0 Å². The Morgan fingerprint density at radius 3 is 1.19 bits per heavy atom. The molecule has 2 unspecified atom stereocenters. The molecular weight excluding hydrogens is 359 g/mol. The van der Waals surface area contributed by atoms with E-state index in [1.54, 1.807) is 0 Å². The SMILES string of the molecule is CC(O)CCCCCCCCCCCCCCCCC(C)S(=O)(=O)[O-].[Na+]. The fourth-order valence-corrected chi connectivity index (χ4v) is 3.59. The molecule has 0 saturated heterocycles. The van der Waals surface area contributed by atoms with Crippen molar-refractivity contribution in [1.29, 1.82) is 0 Å². The van der Waals surface area contributed by atoms with Gasteiger partial charge in [-0.05, 0) is 26.7 Å². The van der Waals surface area contributed by atoms with Crippen LogP contribution in [0, 0.1) is 0 Å². The van der Waals surface area contributed by atoms with Crippen LogP contribution in [-0.4, -0.2) is 29.4 Å². The standard InChI is InChI=1S/C20H42O4S.Na/c1-19(21)17-15-13-11-9-7-5-3-4-6-8-10-12-14-16-18-20(2)25(22,23)24;/h19-21H,3-18H2,1-2H3,(H,22,23,24);/q;+1/p-1. The Morgan fingerprint density at radius 2 is 0.923 bits per heavy atom. The van der Waals surface area contributed by atoms with Crippen LogP contribution in [0.2, 0.25) is 0 Å². The van der Waals surface area contributed by atoms with E-state index in [1.165, 1.54) is 71.1 Å². The van der Waals surface area contributed by atoms with Crippen LogP contribution in [0.3, 0.4) is 0 Å². The zero-order valence-corrected chi connectivity index (χ0v) is 20.4. The van der Waals surface area contributed by atoms with E-state index in [9.17, 15) is 18.1 Å². The molecule has 0 rings (SSSR count). The van der Waals surface area contributed by atoms with Gasteiger partial charge < -0.3 is 9.66 Å². The summed E-state index contributed by atoms with van der Waals surface area (Å²) in [6, 6.07) is 0. The summed E-state index contributed by atoms with van der Waals surface area (Å²) < 4.78 is 32.3. The van der Waals surface area contributed by atoms with E-state index in [0.29, 0.717) is 6.42 Å². The van der Waals surface area contributed by atoms with Crippen molar-refractivity contribution in [3.8, 4) is 0 Å². The quantitative estimate of drug-likeness (QED) is 0.218. The molecule has 0 aliphatic carbocycles. The molecule has 26 heavy (non-hydrogen) atoms. The maximum atomic E-state index is 10.8. The number of unbranched alkanes of at least 4 members (excludes halogenated alkanes) is 13. The van der Waals surface area contributed by atoms with Crippen LogP contribution < -0.4 is 29.6 Å². The van der Waals surface area contributed by atoms with Crippen LogP contribution in [0.1, 0.15) is 117 Å². The summed E-state index contributed by atoms with van der Waals surface area (Å²) in [5, 5.41) is 8.44. The minimum absolute atomic E-state index is 0. The molecule has 0 aliphatic rings. The average Bonchev–Trinajstić information content (AvgIpc) is 2.53. The number of rotatable bonds is 18. The average molecular weight is 401 g/mol. The fourth-order valence-electron chi connectivity index (χ4n) is 3.14. The smallest absolute Gasteiger partial charge is 0.748 e. The van der Waals surface area contributed by atoms with Gasteiger partial charge in [0.1, 0.15) is 0 Å². The molecule has 0 heterocycles. The molecule has 0 saturated carbocycles. The Hall–Kier alpha value is 0.870. The van der Waals surface area contributed by atoms with Gasteiger partial charge in [-0.1, -0.05) is 89.9 Å². The molecule has 4 nitrogen and oxygen atoms in total. The minimum Gasteiger partial charge on any atom is -0.748 e. The molecule has 0 spiro atoms. The minimum atomic E-state index is -4.09. The van der Waals surface area contributed by atoms with Crippen molar-refractivity contribution in [2.24, 2.45) is 0 Å². The number of aliphatic hydroxyl groups is 1. The first-order chi connectivity index (χ1) is 11.8. The van der Waals surface area contributed by atoms with Crippen LogP contribution in [0.15, 0.2) is 0 Å². The maximum Gasteiger partial charge on any atom is 1.00 e. The van der Waals surface area contributed by atoms with Crippen molar-refractivity contribution in [2.45, 2.75) is 128 Å². The van der Waals surface area contributed by atoms with Crippen molar-refractivity contribution in [2.75, 3.05) is 0 Å². The molecule has 0 aliphatic heterocycles. The largest absolute Gasteiger partial charge is 1.00 e. The summed E-state index contributed by atoms with van der Waals surface area (Å²) in [5.74, 6) is 0. The van der Waals surface area contributed by atoms with Gasteiger partial charge in [-0.25, -0.2) is 8.42 Å². The molecule has 6 heteroatoms. The molecule has 2 atom stereocenters. The predicted molar refractivity (Wildman–Crippen MR) is 105 cm³/mol. The zero-order valence-electron chi connectivity index (χ0n) is 17.5. The van der Waals surface area contributed by atoms with E-state index >= 15 is 0 Å². The van der Waals surface area contributed by atoms with Gasteiger partial charge in [0.25, 0.3) is 0 Å². The number of aliphatic hydroxyl groups excluding tert-OH is 1. The molecule has 0 aromatic carbocycles. The summed E-state index contributed by atoms with van der Waals surface area (Å²) in [6.45, 7) is 3.38. The van der Waals surface area contributed by atoms with Crippen LogP contribution in [0.4, 0.5) is 0 Å². The monoisotopic (exact) mass is 400 g/mol. The topological polar surface area (TPSA) is 77.4 Å². The van der Waals surface area contributed by atoms with Gasteiger partial charge >= 0.3 is 29.6 Å². The Kier molecular flexibility index (Phi) is 21.5. The number of hydrogen-bond acceptors (Lipinski definition) is 4. The second-order valence-electron chi connectivity index (χ2n) is 7.68. The molecule has 0 amide bonds. The first-order valence-electron chi connectivity index (χ1n) is 10.5. The van der Waals surface area contributed by atoms with Gasteiger partial charge in [-0.15, -0.1) is 0 Å². The van der Waals surface area contributed by atoms with Crippen LogP contribution in [0.5, 0.6) is 0 Å². The van der Waals surface area contributed by atoms with Crippen molar-refractivity contribution in [3.63, 3.8) is 0 Å². The van der Waals surface area contributed by atoms with E-state index in [2.05, 4.69) is 0 Å². The molecule has 0 aromatic heterocycles. The van der Waals surface area contributed by atoms with Crippen molar-refractivity contribution in [1.82, 2.24) is 0 Å². The van der Waals surface area contributed by atoms with E-state index in [1.807, 2.05) is 6.92 Å². The number of hydrogen-bond donors (Lipinski definition) is 1. The summed E-state index contributed by atoms with van der Waals surface area (Å²) in [4.78, 5) is 0. The Labute approximate surface area is 185 Å². The van der Waals surface area contributed by atoms with Crippen LogP contribution in [-0.2, 0) is 10.1 Å². The third kappa shape index (κ3) is 21.2. The normalized spacial score (nSPS) is 14.0. The van der Waals surface area contributed by atoms with Gasteiger partial charge in [0.05, 0.1) is 16.2 Å². The Balaban J connectivity index is 0. The van der Waals surface area contributed by atoms with Crippen molar-refractivity contribution >= 4 is 10.1 Å². The van der Waals surface area contributed by atoms with Crippen molar-refractivity contribution < 1.29 is 47.6 Å². The molecule has 0 aromatic rings. The molecule has 1 N–H and O–H groups in total. The summed E-state index contributed by atoms with van der Waals surface area (Å²) >= 11 is 0. The van der Waals surface area contributed by atoms with E-state index in [0.717, 1.165) is 32.1 Å². The first kappa shape index (κ1) is 29.1. The summed E-state index contributed by atoms with van der Waals surface area (Å²) in [7, 11) is -4.09. The Morgan fingerprint density at radius 1 is 0.654 bits per heavy atom. The third-order valence-electron chi connectivity index (χ3n) is 4.98. The predicted octanol–water partition coefficient (Wildman–Crippen LogP) is 2.55. The van der Waals surface area contributed by atoms with Crippen LogP contribution >= 0.6 is 0 Å². The molecule has 0 radical (unpaired) electrons.